The highest BCUT2D eigenvalue weighted by Gasteiger charge is 2.01. The topological polar surface area (TPSA) is 89.3 Å². The molecule has 0 aromatic carbocycles. The highest BCUT2D eigenvalue weighted by atomic mass is 16.6. The Bertz CT molecular complexity index is 304. The fourth-order valence-electron chi connectivity index (χ4n) is 0.676. The Kier molecular flexibility index (Phi) is 3.49. The van der Waals surface area contributed by atoms with Crippen molar-refractivity contribution in [2.24, 2.45) is 10.7 Å². The van der Waals surface area contributed by atoms with E-state index in [1.807, 2.05) is 0 Å². The van der Waals surface area contributed by atoms with E-state index in [0.29, 0.717) is 18.2 Å². The average molecular weight is 181 g/mol. The maximum absolute atomic E-state index is 5.10. The molecule has 0 aliphatic heterocycles. The molecule has 0 saturated heterocycles. The van der Waals surface area contributed by atoms with Gasteiger partial charge in [-0.05, 0) is 24.4 Å². The van der Waals surface area contributed by atoms with E-state index >= 15 is 0 Å². The number of nitrogens with zero attached hydrogens (tertiary/aromatic N) is 3. The molecule has 13 heavy (non-hydrogen) atoms. The Hall–Kier alpha value is -1.85. The lowest BCUT2D eigenvalue weighted by Crippen LogP contribution is -2.00. The van der Waals surface area contributed by atoms with E-state index < -0.39 is 0 Å². The summed E-state index contributed by atoms with van der Waals surface area (Å²) >= 11 is 0. The van der Waals surface area contributed by atoms with Gasteiger partial charge in [-0.1, -0.05) is 5.16 Å². The molecule has 0 spiro atoms. The van der Waals surface area contributed by atoms with Gasteiger partial charge in [-0.3, -0.25) is 4.99 Å². The lowest BCUT2D eigenvalue weighted by atomic mass is 10.5. The van der Waals surface area contributed by atoms with Crippen molar-refractivity contribution < 1.29 is 4.63 Å². The second kappa shape index (κ2) is 4.91. The first kappa shape index (κ1) is 9.24. The third-order valence-electron chi connectivity index (χ3n) is 1.29. The number of nitrogens with one attached hydrogen (secondary N) is 1. The molecule has 0 aliphatic carbocycles. The molecule has 0 unspecified atom stereocenters. The monoisotopic (exact) mass is 181 g/mol. The highest BCUT2D eigenvalue weighted by Crippen LogP contribution is 2.05. The summed E-state index contributed by atoms with van der Waals surface area (Å²) in [5, 5.41) is 10.1. The predicted molar refractivity (Wildman–Crippen MR) is 49.3 cm³/mol. The van der Waals surface area contributed by atoms with Gasteiger partial charge in [0, 0.05) is 6.21 Å². The van der Waals surface area contributed by atoms with Gasteiger partial charge in [0.25, 0.3) is 0 Å². The van der Waals surface area contributed by atoms with Crippen LogP contribution in [0.25, 0.3) is 0 Å². The number of aromatic nitrogens is 2. The van der Waals surface area contributed by atoms with Crippen LogP contribution in [0.2, 0.25) is 0 Å². The SMILES string of the molecule is Cc1nonc1NCN=CC=CN. The van der Waals surface area contributed by atoms with Crippen molar-refractivity contribution in [3.63, 3.8) is 0 Å². The molecule has 0 amide bonds. The zero-order chi connectivity index (χ0) is 9.52. The Labute approximate surface area is 75.5 Å². The number of hydrogen-bond donors (Lipinski definition) is 2. The number of hydrogen-bond acceptors (Lipinski definition) is 6. The van der Waals surface area contributed by atoms with Crippen LogP contribution in [-0.2, 0) is 0 Å². The summed E-state index contributed by atoms with van der Waals surface area (Å²) in [6.07, 6.45) is 4.64. The molecule has 1 aromatic rings. The van der Waals surface area contributed by atoms with Gasteiger partial charge in [0.05, 0.1) is 0 Å². The van der Waals surface area contributed by atoms with Crippen molar-refractivity contribution in [3.05, 3.63) is 18.0 Å². The Morgan fingerprint density at radius 1 is 1.62 bits per heavy atom. The number of anilines is 1. The fourth-order valence-corrected chi connectivity index (χ4v) is 0.676. The van der Waals surface area contributed by atoms with Crippen LogP contribution in [-0.4, -0.2) is 23.2 Å². The molecule has 0 saturated carbocycles. The fraction of sp³-hybridized carbons (Fsp3) is 0.286. The Morgan fingerprint density at radius 2 is 2.46 bits per heavy atom. The maximum Gasteiger partial charge on any atom is 0.195 e. The third kappa shape index (κ3) is 2.94. The molecule has 0 fully saturated rings. The van der Waals surface area contributed by atoms with Crippen LogP contribution in [0.15, 0.2) is 21.9 Å². The largest absolute Gasteiger partial charge is 0.405 e. The van der Waals surface area contributed by atoms with Crippen LogP contribution in [0.5, 0.6) is 0 Å². The van der Waals surface area contributed by atoms with Gasteiger partial charge >= 0.3 is 0 Å². The van der Waals surface area contributed by atoms with Crippen LogP contribution < -0.4 is 11.1 Å². The first-order valence-corrected chi connectivity index (χ1v) is 3.74. The molecule has 0 aliphatic rings. The van der Waals surface area contributed by atoms with Gasteiger partial charge in [-0.15, -0.1) is 0 Å². The summed E-state index contributed by atoms with van der Waals surface area (Å²) in [7, 11) is 0. The molecule has 1 heterocycles. The van der Waals surface area contributed by atoms with Gasteiger partial charge in [0.15, 0.2) is 5.82 Å². The second-order valence-corrected chi connectivity index (χ2v) is 2.25. The quantitative estimate of drug-likeness (QED) is 0.651. The summed E-state index contributed by atoms with van der Waals surface area (Å²) in [6.45, 7) is 2.21. The van der Waals surface area contributed by atoms with Crippen LogP contribution in [0.4, 0.5) is 5.82 Å². The third-order valence-corrected chi connectivity index (χ3v) is 1.29. The van der Waals surface area contributed by atoms with Crippen LogP contribution >= 0.6 is 0 Å². The average Bonchev–Trinajstić information content (AvgIpc) is 2.52. The number of aliphatic imine (C=N–C) groups is 1. The Morgan fingerprint density at radius 3 is 3.08 bits per heavy atom. The second-order valence-electron chi connectivity index (χ2n) is 2.25. The first-order chi connectivity index (χ1) is 6.34. The summed E-state index contributed by atoms with van der Waals surface area (Å²) in [5.41, 5.74) is 5.81. The van der Waals surface area contributed by atoms with Gasteiger partial charge in [0.2, 0.25) is 0 Å². The molecule has 70 valence electrons. The predicted octanol–water partition coefficient (Wildman–Crippen LogP) is 0.291. The minimum atomic E-state index is 0.416. The van der Waals surface area contributed by atoms with E-state index in [2.05, 4.69) is 25.3 Å². The van der Waals surface area contributed by atoms with E-state index in [-0.39, 0.29) is 0 Å². The lowest BCUT2D eigenvalue weighted by Gasteiger charge is -1.94. The molecule has 6 heteroatoms. The minimum absolute atomic E-state index is 0.416. The van der Waals surface area contributed by atoms with E-state index in [9.17, 15) is 0 Å². The summed E-state index contributed by atoms with van der Waals surface area (Å²) in [5.74, 6) is 0.605. The number of nitrogens with two attached hydrogens (primary N) is 1. The highest BCUT2D eigenvalue weighted by molar-refractivity contribution is 5.70. The first-order valence-electron chi connectivity index (χ1n) is 3.74. The van der Waals surface area contributed by atoms with Crippen molar-refractivity contribution in [1.82, 2.24) is 10.3 Å². The van der Waals surface area contributed by atoms with E-state index in [4.69, 9.17) is 5.73 Å². The van der Waals surface area contributed by atoms with Crippen LogP contribution in [0.1, 0.15) is 5.69 Å². The van der Waals surface area contributed by atoms with Crippen molar-refractivity contribution in [1.29, 1.82) is 0 Å². The zero-order valence-electron chi connectivity index (χ0n) is 7.27. The van der Waals surface area contributed by atoms with E-state index in [0.717, 1.165) is 0 Å². The number of aryl methyl sites for hydroxylation is 1. The smallest absolute Gasteiger partial charge is 0.195 e. The lowest BCUT2D eigenvalue weighted by molar-refractivity contribution is 0.306. The van der Waals surface area contributed by atoms with Crippen molar-refractivity contribution in [3.8, 4) is 0 Å². The van der Waals surface area contributed by atoms with Crippen molar-refractivity contribution in [2.45, 2.75) is 6.92 Å². The normalized spacial score (nSPS) is 11.5. The molecule has 1 rings (SSSR count). The molecular weight excluding hydrogens is 170 g/mol. The summed E-state index contributed by atoms with van der Waals surface area (Å²) in [6, 6.07) is 0. The Balaban J connectivity index is 2.31. The zero-order valence-corrected chi connectivity index (χ0v) is 7.27. The van der Waals surface area contributed by atoms with E-state index in [1.165, 1.54) is 6.20 Å². The molecular formula is C7H11N5O. The molecule has 0 atom stereocenters. The number of allylic oxidation sites excluding steroid dienone is 1. The summed E-state index contributed by atoms with van der Waals surface area (Å²) < 4.78 is 4.48. The summed E-state index contributed by atoms with van der Waals surface area (Å²) in [4.78, 5) is 3.96. The van der Waals surface area contributed by atoms with Crippen LogP contribution in [0, 0.1) is 6.92 Å². The van der Waals surface area contributed by atoms with Gasteiger partial charge in [-0.25, -0.2) is 4.63 Å². The van der Waals surface area contributed by atoms with Crippen molar-refractivity contribution >= 4 is 12.0 Å². The van der Waals surface area contributed by atoms with E-state index in [1.54, 1.807) is 19.2 Å². The molecule has 0 bridgehead atoms. The van der Waals surface area contributed by atoms with Gasteiger partial charge in [-0.2, -0.15) is 0 Å². The standard InChI is InChI=1S/C7H11N5O/c1-6-7(12-13-11-6)10-5-9-4-2-3-8/h2-4H,5,8H2,1H3,(H,10,12). The molecule has 1 aromatic heterocycles. The van der Waals surface area contributed by atoms with Gasteiger partial charge < -0.3 is 11.1 Å². The van der Waals surface area contributed by atoms with Crippen LogP contribution in [0.3, 0.4) is 0 Å². The molecule has 3 N–H and O–H groups in total. The minimum Gasteiger partial charge on any atom is -0.405 e. The maximum atomic E-state index is 5.10. The molecule has 0 radical (unpaired) electrons. The van der Waals surface area contributed by atoms with Gasteiger partial charge in [0.1, 0.15) is 12.4 Å². The number of rotatable bonds is 4. The van der Waals surface area contributed by atoms with Crippen molar-refractivity contribution in [2.75, 3.05) is 12.0 Å². The molecule has 6 nitrogen and oxygen atoms in total.